The van der Waals surface area contributed by atoms with Crippen LogP contribution in [0.2, 0.25) is 0 Å². The second kappa shape index (κ2) is 7.78. The molecular weight excluding hydrogens is 354 g/mol. The highest BCUT2D eigenvalue weighted by Crippen LogP contribution is 2.29. The first kappa shape index (κ1) is 18.1. The molecule has 1 amide bonds. The van der Waals surface area contributed by atoms with Crippen LogP contribution in [0, 0.1) is 0 Å². The molecule has 1 aromatic heterocycles. The molecule has 0 fully saturated rings. The fourth-order valence-electron chi connectivity index (χ4n) is 3.44. The zero-order valence-corrected chi connectivity index (χ0v) is 15.6. The van der Waals surface area contributed by atoms with Gasteiger partial charge in [0.15, 0.2) is 5.82 Å². The molecule has 0 aliphatic carbocycles. The fourth-order valence-corrected chi connectivity index (χ4v) is 3.44. The number of nitrogens with zero attached hydrogens (tertiary/aromatic N) is 2. The van der Waals surface area contributed by atoms with Gasteiger partial charge in [-0.15, -0.1) is 0 Å². The van der Waals surface area contributed by atoms with E-state index in [4.69, 9.17) is 4.74 Å². The van der Waals surface area contributed by atoms with Gasteiger partial charge in [-0.1, -0.05) is 24.3 Å². The molecule has 3 aromatic rings. The van der Waals surface area contributed by atoms with E-state index in [0.717, 1.165) is 12.0 Å². The molecular formula is C22H21N3O3. The highest BCUT2D eigenvalue weighted by atomic mass is 16.5. The summed E-state index contributed by atoms with van der Waals surface area (Å²) in [4.78, 5) is 29.0. The lowest BCUT2D eigenvalue weighted by molar-refractivity contribution is -0.119. The van der Waals surface area contributed by atoms with Crippen molar-refractivity contribution in [2.24, 2.45) is 7.05 Å². The van der Waals surface area contributed by atoms with Crippen LogP contribution in [0.4, 0.5) is 5.69 Å². The zero-order chi connectivity index (χ0) is 19.5. The molecule has 28 heavy (non-hydrogen) atoms. The molecule has 2 heterocycles. The Kier molecular flexibility index (Phi) is 5.04. The molecule has 4 rings (SSSR count). The number of hydrogen-bond acceptors (Lipinski definition) is 4. The number of amides is 1. The van der Waals surface area contributed by atoms with Crippen LogP contribution in [-0.2, 0) is 23.0 Å². The maximum atomic E-state index is 12.5. The van der Waals surface area contributed by atoms with Crippen molar-refractivity contribution < 1.29 is 14.3 Å². The summed E-state index contributed by atoms with van der Waals surface area (Å²) in [5.74, 6) is 0.104. The van der Waals surface area contributed by atoms with E-state index in [-0.39, 0.29) is 24.2 Å². The summed E-state index contributed by atoms with van der Waals surface area (Å²) in [6.07, 6.45) is 4.22. The Morgan fingerprint density at radius 2 is 1.96 bits per heavy atom. The normalized spacial score (nSPS) is 15.7. The van der Waals surface area contributed by atoms with E-state index in [0.29, 0.717) is 23.7 Å². The molecule has 142 valence electrons. The van der Waals surface area contributed by atoms with Gasteiger partial charge < -0.3 is 14.6 Å². The Hall–Kier alpha value is -3.25. The number of ketones is 1. The summed E-state index contributed by atoms with van der Waals surface area (Å²) in [6.45, 7) is 0.624. The SMILES string of the molecule is Cn1ccnc1C(=O)c1ccc(NC(=O)CC2OCCc3ccccc32)cc1. The monoisotopic (exact) mass is 375 g/mol. The van der Waals surface area contributed by atoms with E-state index in [1.807, 2.05) is 18.2 Å². The van der Waals surface area contributed by atoms with Crippen LogP contribution in [0.5, 0.6) is 0 Å². The van der Waals surface area contributed by atoms with Crippen LogP contribution in [0.1, 0.15) is 39.8 Å². The molecule has 6 nitrogen and oxygen atoms in total. The van der Waals surface area contributed by atoms with Crippen LogP contribution >= 0.6 is 0 Å². The smallest absolute Gasteiger partial charge is 0.228 e. The average Bonchev–Trinajstić information content (AvgIpc) is 3.14. The van der Waals surface area contributed by atoms with Crippen molar-refractivity contribution in [3.8, 4) is 0 Å². The third-order valence-corrected chi connectivity index (χ3v) is 4.92. The van der Waals surface area contributed by atoms with Gasteiger partial charge in [-0.05, 0) is 41.8 Å². The minimum absolute atomic E-state index is 0.120. The van der Waals surface area contributed by atoms with E-state index < -0.39 is 0 Å². The summed E-state index contributed by atoms with van der Waals surface area (Å²) < 4.78 is 7.48. The number of anilines is 1. The van der Waals surface area contributed by atoms with Gasteiger partial charge in [-0.25, -0.2) is 4.98 Å². The number of rotatable bonds is 5. The molecule has 0 saturated heterocycles. The molecule has 2 aromatic carbocycles. The Bertz CT molecular complexity index is 1010. The first-order valence-electron chi connectivity index (χ1n) is 9.23. The molecule has 1 aliphatic rings. The van der Waals surface area contributed by atoms with Crippen molar-refractivity contribution in [1.82, 2.24) is 9.55 Å². The highest BCUT2D eigenvalue weighted by molar-refractivity contribution is 6.07. The summed E-state index contributed by atoms with van der Waals surface area (Å²) in [5, 5.41) is 2.88. The van der Waals surface area contributed by atoms with Crippen LogP contribution in [-0.4, -0.2) is 27.8 Å². The standard InChI is InChI=1S/C22H21N3O3/c1-25-12-11-23-22(25)21(27)16-6-8-17(9-7-16)24-20(26)14-19-18-5-3-2-4-15(18)10-13-28-19/h2-9,11-12,19H,10,13-14H2,1H3,(H,24,26). The summed E-state index contributed by atoms with van der Waals surface area (Å²) in [7, 11) is 1.78. The van der Waals surface area contributed by atoms with Gasteiger partial charge in [-0.2, -0.15) is 0 Å². The number of fused-ring (bicyclic) bond motifs is 1. The van der Waals surface area contributed by atoms with Crippen molar-refractivity contribution in [1.29, 1.82) is 0 Å². The molecule has 0 bridgehead atoms. The number of carbonyl (C=O) groups excluding carboxylic acids is 2. The van der Waals surface area contributed by atoms with Crippen LogP contribution in [0.15, 0.2) is 60.9 Å². The van der Waals surface area contributed by atoms with E-state index in [1.54, 1.807) is 48.3 Å². The second-order valence-electron chi connectivity index (χ2n) is 6.83. The molecule has 1 N–H and O–H groups in total. The molecule has 1 atom stereocenters. The van der Waals surface area contributed by atoms with Gasteiger partial charge in [0.25, 0.3) is 0 Å². The Balaban J connectivity index is 1.40. The predicted octanol–water partition coefficient (Wildman–Crippen LogP) is 3.29. The van der Waals surface area contributed by atoms with Crippen LogP contribution < -0.4 is 5.32 Å². The minimum atomic E-state index is -0.228. The van der Waals surface area contributed by atoms with Crippen molar-refractivity contribution in [2.45, 2.75) is 18.9 Å². The van der Waals surface area contributed by atoms with Crippen LogP contribution in [0.25, 0.3) is 0 Å². The largest absolute Gasteiger partial charge is 0.373 e. The first-order chi connectivity index (χ1) is 13.6. The lowest BCUT2D eigenvalue weighted by atomic mass is 9.95. The van der Waals surface area contributed by atoms with E-state index >= 15 is 0 Å². The number of hydrogen-bond donors (Lipinski definition) is 1. The highest BCUT2D eigenvalue weighted by Gasteiger charge is 2.23. The van der Waals surface area contributed by atoms with E-state index in [2.05, 4.69) is 16.4 Å². The predicted molar refractivity (Wildman–Crippen MR) is 105 cm³/mol. The molecule has 1 aliphatic heterocycles. The van der Waals surface area contributed by atoms with Crippen molar-refractivity contribution >= 4 is 17.4 Å². The molecule has 0 radical (unpaired) electrons. The van der Waals surface area contributed by atoms with Crippen molar-refractivity contribution in [3.63, 3.8) is 0 Å². The van der Waals surface area contributed by atoms with Gasteiger partial charge in [0, 0.05) is 30.7 Å². The maximum Gasteiger partial charge on any atom is 0.228 e. The average molecular weight is 375 g/mol. The first-order valence-corrected chi connectivity index (χ1v) is 9.23. The van der Waals surface area contributed by atoms with Crippen LogP contribution in [0.3, 0.4) is 0 Å². The van der Waals surface area contributed by atoms with Gasteiger partial charge in [-0.3, -0.25) is 9.59 Å². The Morgan fingerprint density at radius 3 is 2.71 bits per heavy atom. The quantitative estimate of drug-likeness (QED) is 0.695. The molecule has 1 unspecified atom stereocenters. The number of aryl methyl sites for hydroxylation is 1. The maximum absolute atomic E-state index is 12.5. The number of imidazole rings is 1. The van der Waals surface area contributed by atoms with Gasteiger partial charge >= 0.3 is 0 Å². The number of ether oxygens (including phenoxy) is 1. The third kappa shape index (κ3) is 3.73. The Labute approximate surface area is 163 Å². The number of carbonyl (C=O) groups is 2. The Morgan fingerprint density at radius 1 is 1.18 bits per heavy atom. The topological polar surface area (TPSA) is 73.2 Å². The zero-order valence-electron chi connectivity index (χ0n) is 15.6. The third-order valence-electron chi connectivity index (χ3n) is 4.92. The summed E-state index contributed by atoms with van der Waals surface area (Å²) in [5.41, 5.74) is 3.49. The van der Waals surface area contributed by atoms with Gasteiger partial charge in [0.05, 0.1) is 19.1 Å². The fraction of sp³-hybridized carbons (Fsp3) is 0.227. The number of aromatic nitrogens is 2. The van der Waals surface area contributed by atoms with Crippen molar-refractivity contribution in [3.05, 3.63) is 83.4 Å². The second-order valence-corrected chi connectivity index (χ2v) is 6.83. The van der Waals surface area contributed by atoms with E-state index in [1.165, 1.54) is 5.56 Å². The number of nitrogens with one attached hydrogen (secondary N) is 1. The summed E-state index contributed by atoms with van der Waals surface area (Å²) in [6, 6.07) is 14.9. The lowest BCUT2D eigenvalue weighted by Gasteiger charge is -2.25. The van der Waals surface area contributed by atoms with Crippen molar-refractivity contribution in [2.75, 3.05) is 11.9 Å². The molecule has 6 heteroatoms. The number of benzene rings is 2. The van der Waals surface area contributed by atoms with E-state index in [9.17, 15) is 9.59 Å². The molecule has 0 spiro atoms. The minimum Gasteiger partial charge on any atom is -0.373 e. The van der Waals surface area contributed by atoms with Gasteiger partial charge in [0.1, 0.15) is 0 Å². The molecule has 0 saturated carbocycles. The lowest BCUT2D eigenvalue weighted by Crippen LogP contribution is -2.22. The summed E-state index contributed by atoms with van der Waals surface area (Å²) >= 11 is 0. The van der Waals surface area contributed by atoms with Gasteiger partial charge in [0.2, 0.25) is 11.7 Å².